The number of aliphatic hydroxyl groups is 1. The van der Waals surface area contributed by atoms with E-state index in [9.17, 15) is 0 Å². The van der Waals surface area contributed by atoms with Gasteiger partial charge in [0.2, 0.25) is 0 Å². The fourth-order valence-electron chi connectivity index (χ4n) is 11.0. The summed E-state index contributed by atoms with van der Waals surface area (Å²) in [6.07, 6.45) is 17.7. The van der Waals surface area contributed by atoms with Crippen LogP contribution in [0.15, 0.2) is 146 Å². The van der Waals surface area contributed by atoms with Gasteiger partial charge in [-0.05, 0) is 172 Å². The average molecular weight is 1000 g/mol. The van der Waals surface area contributed by atoms with Gasteiger partial charge in [0.25, 0.3) is 0 Å². The molecule has 0 amide bonds. The standard InChI is InChI=1S/C36H41NO3.C31H32O4/c1-26-14-19-33-32(24-26)27(2)35(30-11-8-12-31(25-30)39-34-13-4-7-23-38-34)36(40-33)29-17-15-28(16-18-29)10-9-22-37-20-5-3-6-21-37;1-21-11-16-28-27(19-21)22(2)30(31(35-28)24-14-12-23(13-15-24)7-6-17-32)25-8-5-9-26(20-25)34-29-10-3-4-18-33-29/h8-12,14-19,24-25,34,36H,3-7,13,20-23H2,1-2H3;5-9,11-16,19-20,29,31-32H,3-4,10,17-18H2,1-2H3/b10-9+;7-6+. The van der Waals surface area contributed by atoms with Crippen molar-refractivity contribution >= 4 is 34.4 Å². The van der Waals surface area contributed by atoms with Gasteiger partial charge in [0.05, 0.1) is 19.8 Å². The third-order valence-electron chi connectivity index (χ3n) is 15.0. The Morgan fingerprint density at radius 1 is 0.520 bits per heavy atom. The first kappa shape index (κ1) is 51.8. The van der Waals surface area contributed by atoms with Crippen LogP contribution in [0.4, 0.5) is 0 Å². The number of allylic oxidation sites excluding steroid dienone is 2. The quantitative estimate of drug-likeness (QED) is 0.123. The molecule has 5 aliphatic heterocycles. The van der Waals surface area contributed by atoms with Gasteiger partial charge in [0.15, 0.2) is 12.6 Å². The maximum atomic E-state index is 9.08. The smallest absolute Gasteiger partial charge is 0.199 e. The molecule has 4 atom stereocenters. The Morgan fingerprint density at radius 3 is 1.45 bits per heavy atom. The molecule has 0 bridgehead atoms. The van der Waals surface area contributed by atoms with E-state index < -0.39 is 0 Å². The highest BCUT2D eigenvalue weighted by atomic mass is 16.7. The fraction of sp³-hybridized carbons (Fsp3) is 0.343. The number of likely N-dealkylation sites (tertiary alicyclic amines) is 1. The number of benzene rings is 6. The molecule has 6 aromatic rings. The van der Waals surface area contributed by atoms with E-state index in [-0.39, 0.29) is 31.4 Å². The van der Waals surface area contributed by atoms with E-state index in [0.29, 0.717) is 0 Å². The van der Waals surface area contributed by atoms with Gasteiger partial charge in [0, 0.05) is 41.7 Å². The summed E-state index contributed by atoms with van der Waals surface area (Å²) in [5.41, 5.74) is 16.2. The zero-order valence-corrected chi connectivity index (χ0v) is 44.3. The minimum Gasteiger partial charge on any atom is -0.480 e. The van der Waals surface area contributed by atoms with E-state index in [4.69, 9.17) is 33.5 Å². The molecular formula is C67H73NO7. The lowest BCUT2D eigenvalue weighted by atomic mass is 9.85. The molecule has 8 nitrogen and oxygen atoms in total. The molecule has 3 fully saturated rings. The number of nitrogens with zero attached hydrogens (tertiary/aromatic N) is 1. The van der Waals surface area contributed by atoms with Crippen LogP contribution in [0.2, 0.25) is 0 Å². The summed E-state index contributed by atoms with van der Waals surface area (Å²) in [6, 6.07) is 46.7. The predicted molar refractivity (Wildman–Crippen MR) is 304 cm³/mol. The summed E-state index contributed by atoms with van der Waals surface area (Å²) < 4.78 is 37.5. The first-order valence-corrected chi connectivity index (χ1v) is 27.4. The highest BCUT2D eigenvalue weighted by molar-refractivity contribution is 5.97. The monoisotopic (exact) mass is 1000 g/mol. The normalized spacial score (nSPS) is 20.9. The summed E-state index contributed by atoms with van der Waals surface area (Å²) >= 11 is 0. The van der Waals surface area contributed by atoms with Gasteiger partial charge in [0.1, 0.15) is 35.2 Å². The largest absolute Gasteiger partial charge is 0.480 e. The number of ether oxygens (including phenoxy) is 6. The van der Waals surface area contributed by atoms with Gasteiger partial charge in [-0.3, -0.25) is 4.90 Å². The van der Waals surface area contributed by atoms with Crippen molar-refractivity contribution in [1.29, 1.82) is 0 Å². The molecule has 8 heteroatoms. The molecule has 0 aromatic heterocycles. The molecule has 4 unspecified atom stereocenters. The summed E-state index contributed by atoms with van der Waals surface area (Å²) in [7, 11) is 0. The second kappa shape index (κ2) is 24.8. The van der Waals surface area contributed by atoms with E-state index in [0.717, 1.165) is 126 Å². The van der Waals surface area contributed by atoms with E-state index >= 15 is 0 Å². The zero-order valence-electron chi connectivity index (χ0n) is 44.3. The SMILES string of the molecule is CC1=C(c2cccc(OC3CCCCO3)c2)C(c2ccc(/C=C/CN3CCCCC3)cc2)Oc2ccc(C)cc21.CC1=C(c2cccc(OC3CCCCO3)c2)C(c2ccc(/C=C/CO)cc2)Oc2ccc(C)cc21. The Hall–Kier alpha value is -6.68. The number of aliphatic hydroxyl groups excluding tert-OH is 1. The number of fused-ring (bicyclic) bond motifs is 2. The molecule has 0 radical (unpaired) electrons. The average Bonchev–Trinajstić information content (AvgIpc) is 3.45. The van der Waals surface area contributed by atoms with Gasteiger partial charge in [-0.2, -0.15) is 0 Å². The van der Waals surface area contributed by atoms with Gasteiger partial charge in [-0.25, -0.2) is 0 Å². The van der Waals surface area contributed by atoms with Crippen LogP contribution in [-0.2, 0) is 9.47 Å². The van der Waals surface area contributed by atoms with Crippen molar-refractivity contribution in [2.75, 3.05) is 39.5 Å². The maximum absolute atomic E-state index is 9.08. The van der Waals surface area contributed by atoms with Crippen LogP contribution in [0, 0.1) is 13.8 Å². The third kappa shape index (κ3) is 12.9. The maximum Gasteiger partial charge on any atom is 0.199 e. The summed E-state index contributed by atoms with van der Waals surface area (Å²) in [4.78, 5) is 2.54. The van der Waals surface area contributed by atoms with Crippen molar-refractivity contribution in [3.8, 4) is 23.0 Å². The molecule has 5 heterocycles. The van der Waals surface area contributed by atoms with Crippen LogP contribution >= 0.6 is 0 Å². The second-order valence-electron chi connectivity index (χ2n) is 20.6. The number of piperidine rings is 1. The molecule has 6 aromatic carbocycles. The van der Waals surface area contributed by atoms with Crippen molar-refractivity contribution in [3.05, 3.63) is 201 Å². The Morgan fingerprint density at radius 2 is 1.00 bits per heavy atom. The summed E-state index contributed by atoms with van der Waals surface area (Å²) in [5.74, 6) is 3.49. The topological polar surface area (TPSA) is 78.9 Å². The summed E-state index contributed by atoms with van der Waals surface area (Å²) in [6.45, 7) is 13.7. The molecule has 0 aliphatic carbocycles. The van der Waals surface area contributed by atoms with Crippen LogP contribution in [-0.4, -0.2) is 62.0 Å². The highest BCUT2D eigenvalue weighted by Crippen LogP contribution is 2.49. The van der Waals surface area contributed by atoms with E-state index in [1.54, 1.807) is 6.08 Å². The number of rotatable bonds is 13. The van der Waals surface area contributed by atoms with Crippen LogP contribution in [0.1, 0.15) is 139 Å². The van der Waals surface area contributed by atoms with Crippen LogP contribution < -0.4 is 18.9 Å². The Bertz CT molecular complexity index is 3000. The van der Waals surface area contributed by atoms with Crippen molar-refractivity contribution in [1.82, 2.24) is 4.90 Å². The molecule has 5 aliphatic rings. The van der Waals surface area contributed by atoms with Crippen LogP contribution in [0.5, 0.6) is 23.0 Å². The lowest BCUT2D eigenvalue weighted by Gasteiger charge is -2.31. The fourth-order valence-corrected chi connectivity index (χ4v) is 11.0. The molecule has 0 saturated carbocycles. The first-order chi connectivity index (χ1) is 36.8. The lowest BCUT2D eigenvalue weighted by Crippen LogP contribution is -2.29. The Balaban J connectivity index is 0.000000173. The lowest BCUT2D eigenvalue weighted by molar-refractivity contribution is -0.106. The molecular weight excluding hydrogens is 931 g/mol. The molecule has 3 saturated heterocycles. The van der Waals surface area contributed by atoms with Crippen molar-refractivity contribution < 1.29 is 33.5 Å². The molecule has 1 N–H and O–H groups in total. The highest BCUT2D eigenvalue weighted by Gasteiger charge is 2.32. The van der Waals surface area contributed by atoms with Crippen LogP contribution in [0.25, 0.3) is 34.4 Å². The van der Waals surface area contributed by atoms with Gasteiger partial charge in [-0.15, -0.1) is 0 Å². The third-order valence-corrected chi connectivity index (χ3v) is 15.0. The molecule has 0 spiro atoms. The number of aryl methyl sites for hydroxylation is 2. The molecule has 75 heavy (non-hydrogen) atoms. The number of hydrogen-bond acceptors (Lipinski definition) is 8. The first-order valence-electron chi connectivity index (χ1n) is 27.4. The minimum absolute atomic E-state index is 0.0279. The minimum atomic E-state index is -0.248. The molecule has 388 valence electrons. The van der Waals surface area contributed by atoms with Crippen molar-refractivity contribution in [3.63, 3.8) is 0 Å². The van der Waals surface area contributed by atoms with E-state index in [1.165, 1.54) is 65.8 Å². The zero-order chi connectivity index (χ0) is 51.5. The van der Waals surface area contributed by atoms with Gasteiger partial charge in [-0.1, -0.05) is 127 Å². The summed E-state index contributed by atoms with van der Waals surface area (Å²) in [5, 5.41) is 9.08. The Kier molecular flexibility index (Phi) is 17.1. The van der Waals surface area contributed by atoms with Crippen LogP contribution in [0.3, 0.4) is 0 Å². The van der Waals surface area contributed by atoms with E-state index in [2.05, 4.69) is 160 Å². The van der Waals surface area contributed by atoms with Crippen molar-refractivity contribution in [2.24, 2.45) is 0 Å². The predicted octanol–water partition coefficient (Wildman–Crippen LogP) is 15.4. The van der Waals surface area contributed by atoms with Gasteiger partial charge >= 0.3 is 0 Å². The van der Waals surface area contributed by atoms with E-state index in [1.807, 2.05) is 24.3 Å². The Labute approximate surface area is 444 Å². The van der Waals surface area contributed by atoms with Gasteiger partial charge < -0.3 is 33.5 Å². The number of hydrogen-bond donors (Lipinski definition) is 1. The second-order valence-corrected chi connectivity index (χ2v) is 20.6. The van der Waals surface area contributed by atoms with Crippen molar-refractivity contribution in [2.45, 2.75) is 110 Å². The molecule has 11 rings (SSSR count).